The van der Waals surface area contributed by atoms with Crippen LogP contribution in [0.3, 0.4) is 0 Å². The van der Waals surface area contributed by atoms with Gasteiger partial charge >= 0.3 is 0 Å². The van der Waals surface area contributed by atoms with Crippen LogP contribution in [-0.2, 0) is 4.79 Å². The second kappa shape index (κ2) is 8.39. The highest BCUT2D eigenvalue weighted by atomic mass is 79.9. The van der Waals surface area contributed by atoms with Gasteiger partial charge in [0.05, 0.1) is 11.1 Å². The Morgan fingerprint density at radius 2 is 2.05 bits per heavy atom. The van der Waals surface area contributed by atoms with E-state index in [1.807, 2.05) is 39.0 Å². The summed E-state index contributed by atoms with van der Waals surface area (Å²) in [5.74, 6) is 0.470. The largest absolute Gasteiger partial charge is 0.483 e. The number of aliphatic hydroxyl groups is 1. The third-order valence-electron chi connectivity index (χ3n) is 3.94. The van der Waals surface area contributed by atoms with Gasteiger partial charge in [0, 0.05) is 12.0 Å². The van der Waals surface area contributed by atoms with Crippen LogP contribution in [-0.4, -0.2) is 30.8 Å². The summed E-state index contributed by atoms with van der Waals surface area (Å²) in [5.41, 5.74) is 0.886. The topological polar surface area (TPSA) is 58.6 Å². The van der Waals surface area contributed by atoms with Crippen LogP contribution in [0.5, 0.6) is 5.75 Å². The molecule has 1 rings (SSSR count). The molecule has 0 aliphatic carbocycles. The van der Waals surface area contributed by atoms with Crippen molar-refractivity contribution in [2.24, 2.45) is 5.41 Å². The zero-order chi connectivity index (χ0) is 15.9. The monoisotopic (exact) mass is 357 g/mol. The van der Waals surface area contributed by atoms with Crippen molar-refractivity contribution in [3.8, 4) is 5.75 Å². The summed E-state index contributed by atoms with van der Waals surface area (Å²) >= 11 is 3.41. The predicted molar refractivity (Wildman–Crippen MR) is 87.5 cm³/mol. The van der Waals surface area contributed by atoms with E-state index < -0.39 is 0 Å². The predicted octanol–water partition coefficient (Wildman–Crippen LogP) is 3.05. The molecule has 2 N–H and O–H groups in total. The average molecular weight is 358 g/mol. The van der Waals surface area contributed by atoms with Gasteiger partial charge in [0.1, 0.15) is 5.75 Å². The van der Waals surface area contributed by atoms with Crippen LogP contribution >= 0.6 is 15.9 Å². The molecule has 0 aromatic heterocycles. The van der Waals surface area contributed by atoms with Crippen LogP contribution < -0.4 is 10.1 Å². The molecule has 1 aromatic carbocycles. The van der Waals surface area contributed by atoms with Crippen LogP contribution in [0.1, 0.15) is 32.3 Å². The van der Waals surface area contributed by atoms with Crippen molar-refractivity contribution >= 4 is 21.8 Å². The van der Waals surface area contributed by atoms with Gasteiger partial charge in [-0.2, -0.15) is 0 Å². The number of amides is 1. The lowest BCUT2D eigenvalue weighted by atomic mass is 9.83. The van der Waals surface area contributed by atoms with Gasteiger partial charge in [0.2, 0.25) is 0 Å². The Bertz CT molecular complexity index is 464. The number of aliphatic hydroxyl groups excluding tert-OH is 1. The molecule has 5 heteroatoms. The molecule has 0 saturated heterocycles. The van der Waals surface area contributed by atoms with Crippen molar-refractivity contribution in [3.05, 3.63) is 28.2 Å². The number of nitrogens with one attached hydrogen (secondary N) is 1. The summed E-state index contributed by atoms with van der Waals surface area (Å²) in [4.78, 5) is 11.9. The summed E-state index contributed by atoms with van der Waals surface area (Å²) in [6, 6.07) is 5.71. The second-order valence-corrected chi connectivity index (χ2v) is 6.22. The van der Waals surface area contributed by atoms with Crippen LogP contribution in [0.25, 0.3) is 0 Å². The minimum absolute atomic E-state index is 0.0312. The second-order valence-electron chi connectivity index (χ2n) is 5.36. The third-order valence-corrected chi connectivity index (χ3v) is 4.56. The van der Waals surface area contributed by atoms with E-state index in [-0.39, 0.29) is 24.5 Å². The van der Waals surface area contributed by atoms with Crippen molar-refractivity contribution < 1.29 is 14.6 Å². The molecule has 0 atom stereocenters. The Kier molecular flexibility index (Phi) is 7.18. The SMILES string of the molecule is CCC(CC)(CO)CNC(=O)COc1ccc(C)cc1Br. The summed E-state index contributed by atoms with van der Waals surface area (Å²) in [7, 11) is 0. The number of hydrogen-bond acceptors (Lipinski definition) is 3. The van der Waals surface area contributed by atoms with Gasteiger partial charge in [-0.1, -0.05) is 19.9 Å². The van der Waals surface area contributed by atoms with Gasteiger partial charge in [0.15, 0.2) is 6.61 Å². The summed E-state index contributed by atoms with van der Waals surface area (Å²) in [6.45, 7) is 6.54. The van der Waals surface area contributed by atoms with Crippen molar-refractivity contribution in [2.75, 3.05) is 19.8 Å². The first kappa shape index (κ1) is 18.0. The van der Waals surface area contributed by atoms with E-state index in [1.54, 1.807) is 0 Å². The standard InChI is InChI=1S/C16H24BrNO3/c1-4-16(5-2,11-19)10-18-15(20)9-21-14-7-6-12(3)8-13(14)17/h6-8,19H,4-5,9-11H2,1-3H3,(H,18,20). The lowest BCUT2D eigenvalue weighted by molar-refractivity contribution is -0.123. The Morgan fingerprint density at radius 1 is 1.38 bits per heavy atom. The Labute approximate surface area is 135 Å². The fourth-order valence-corrected chi connectivity index (χ4v) is 2.59. The van der Waals surface area contributed by atoms with Gasteiger partial charge in [0.25, 0.3) is 5.91 Å². The van der Waals surface area contributed by atoms with Crippen molar-refractivity contribution in [1.29, 1.82) is 0 Å². The first-order chi connectivity index (χ1) is 9.96. The molecule has 0 bridgehead atoms. The van der Waals surface area contributed by atoms with E-state index in [4.69, 9.17) is 4.74 Å². The summed E-state index contributed by atoms with van der Waals surface area (Å²) in [6.07, 6.45) is 1.65. The normalized spacial score (nSPS) is 11.3. The first-order valence-corrected chi connectivity index (χ1v) is 8.02. The lowest BCUT2D eigenvalue weighted by Crippen LogP contribution is -2.41. The van der Waals surface area contributed by atoms with Crippen molar-refractivity contribution in [3.63, 3.8) is 0 Å². The Balaban J connectivity index is 2.47. The zero-order valence-electron chi connectivity index (χ0n) is 12.9. The molecule has 0 radical (unpaired) electrons. The number of carbonyl (C=O) groups excluding carboxylic acids is 1. The number of halogens is 1. The fourth-order valence-electron chi connectivity index (χ4n) is 1.98. The maximum absolute atomic E-state index is 11.9. The number of rotatable bonds is 8. The Hall–Kier alpha value is -1.07. The molecule has 21 heavy (non-hydrogen) atoms. The minimum Gasteiger partial charge on any atom is -0.483 e. The molecule has 0 aliphatic rings. The highest BCUT2D eigenvalue weighted by Gasteiger charge is 2.25. The molecule has 0 saturated carbocycles. The number of benzene rings is 1. The Morgan fingerprint density at radius 3 is 2.57 bits per heavy atom. The quantitative estimate of drug-likeness (QED) is 0.751. The smallest absolute Gasteiger partial charge is 0.257 e. The summed E-state index contributed by atoms with van der Waals surface area (Å²) < 4.78 is 6.33. The molecule has 0 fully saturated rings. The number of aryl methyl sites for hydroxylation is 1. The van der Waals surface area contributed by atoms with Crippen LogP contribution in [0.4, 0.5) is 0 Å². The third kappa shape index (κ3) is 5.32. The summed E-state index contributed by atoms with van der Waals surface area (Å²) in [5, 5.41) is 12.3. The minimum atomic E-state index is -0.236. The molecule has 0 heterocycles. The average Bonchev–Trinajstić information content (AvgIpc) is 2.48. The van der Waals surface area contributed by atoms with Crippen LogP contribution in [0, 0.1) is 12.3 Å². The van der Waals surface area contributed by atoms with Gasteiger partial charge in [-0.15, -0.1) is 0 Å². The maximum Gasteiger partial charge on any atom is 0.257 e. The molecular weight excluding hydrogens is 334 g/mol. The van der Waals surface area contributed by atoms with Crippen LogP contribution in [0.2, 0.25) is 0 Å². The van der Waals surface area contributed by atoms with E-state index in [2.05, 4.69) is 21.2 Å². The molecule has 0 spiro atoms. The van der Waals surface area contributed by atoms with Gasteiger partial charge in [-0.25, -0.2) is 0 Å². The molecule has 1 amide bonds. The maximum atomic E-state index is 11.9. The van der Waals surface area contributed by atoms with Crippen molar-refractivity contribution in [1.82, 2.24) is 5.32 Å². The van der Waals surface area contributed by atoms with Gasteiger partial charge in [-0.3, -0.25) is 4.79 Å². The number of hydrogen-bond donors (Lipinski definition) is 2. The highest BCUT2D eigenvalue weighted by molar-refractivity contribution is 9.10. The van der Waals surface area contributed by atoms with Gasteiger partial charge < -0.3 is 15.2 Å². The lowest BCUT2D eigenvalue weighted by Gasteiger charge is -2.29. The van der Waals surface area contributed by atoms with Gasteiger partial charge in [-0.05, 0) is 53.4 Å². The van der Waals surface area contributed by atoms with Crippen LogP contribution in [0.15, 0.2) is 22.7 Å². The fraction of sp³-hybridized carbons (Fsp3) is 0.562. The molecule has 0 unspecified atom stereocenters. The van der Waals surface area contributed by atoms with E-state index in [0.29, 0.717) is 12.3 Å². The molecule has 4 nitrogen and oxygen atoms in total. The number of carbonyl (C=O) groups is 1. The van der Waals surface area contributed by atoms with E-state index in [9.17, 15) is 9.90 Å². The molecule has 1 aromatic rings. The molecule has 0 aliphatic heterocycles. The highest BCUT2D eigenvalue weighted by Crippen LogP contribution is 2.26. The zero-order valence-corrected chi connectivity index (χ0v) is 14.5. The van der Waals surface area contributed by atoms with E-state index in [0.717, 1.165) is 22.9 Å². The van der Waals surface area contributed by atoms with Crippen molar-refractivity contribution in [2.45, 2.75) is 33.6 Å². The van der Waals surface area contributed by atoms with E-state index >= 15 is 0 Å². The molecule has 118 valence electrons. The number of ether oxygens (including phenoxy) is 1. The first-order valence-electron chi connectivity index (χ1n) is 7.23. The molecular formula is C16H24BrNO3. The van der Waals surface area contributed by atoms with E-state index in [1.165, 1.54) is 0 Å².